The first-order valence-electron chi connectivity index (χ1n) is 6.66. The molecule has 0 atom stereocenters. The smallest absolute Gasteiger partial charge is 0.240 e. The Morgan fingerprint density at radius 2 is 2.10 bits per heavy atom. The zero-order valence-electron chi connectivity index (χ0n) is 12.0. The Labute approximate surface area is 129 Å². The van der Waals surface area contributed by atoms with Crippen LogP contribution in [0.5, 0.6) is 0 Å². The van der Waals surface area contributed by atoms with E-state index in [-0.39, 0.29) is 11.4 Å². The van der Waals surface area contributed by atoms with Crippen molar-refractivity contribution in [3.05, 3.63) is 46.4 Å². The van der Waals surface area contributed by atoms with Gasteiger partial charge in [0, 0.05) is 18.0 Å². The van der Waals surface area contributed by atoms with Gasteiger partial charge in [0.05, 0.1) is 22.6 Å². The van der Waals surface area contributed by atoms with Crippen LogP contribution in [-0.2, 0) is 23.1 Å². The molecule has 2 rings (SSSR count). The van der Waals surface area contributed by atoms with E-state index in [1.165, 1.54) is 11.3 Å². The summed E-state index contributed by atoms with van der Waals surface area (Å²) < 4.78 is 27.1. The third-order valence-electron chi connectivity index (χ3n) is 2.85. The summed E-state index contributed by atoms with van der Waals surface area (Å²) in [5.41, 5.74) is 3.35. The van der Waals surface area contributed by atoms with Crippen molar-refractivity contribution in [1.29, 1.82) is 0 Å². The number of sulfonamides is 1. The molecular formula is C14H19N3O2S2. The van der Waals surface area contributed by atoms with Crippen molar-refractivity contribution in [2.45, 2.75) is 37.9 Å². The van der Waals surface area contributed by atoms with E-state index >= 15 is 0 Å². The summed E-state index contributed by atoms with van der Waals surface area (Å²) >= 11 is 1.44. The molecule has 0 aliphatic rings. The second-order valence-electron chi connectivity index (χ2n) is 4.99. The average molecular weight is 325 g/mol. The minimum atomic E-state index is -3.51. The molecule has 1 aromatic carbocycles. The van der Waals surface area contributed by atoms with E-state index in [2.05, 4.69) is 28.9 Å². The predicted octanol–water partition coefficient (Wildman–Crippen LogP) is 2.12. The molecule has 0 bridgehead atoms. The maximum atomic E-state index is 12.3. The largest absolute Gasteiger partial charge is 0.310 e. The molecule has 5 nitrogen and oxygen atoms in total. The molecule has 114 valence electrons. The lowest BCUT2D eigenvalue weighted by molar-refractivity contribution is 0.578. The number of nitrogens with zero attached hydrogens (tertiary/aromatic N) is 1. The van der Waals surface area contributed by atoms with Gasteiger partial charge in [0.25, 0.3) is 0 Å². The molecule has 1 heterocycles. The topological polar surface area (TPSA) is 71.1 Å². The third-order valence-corrected chi connectivity index (χ3v) is 4.88. The molecule has 0 unspecified atom stereocenters. The zero-order valence-corrected chi connectivity index (χ0v) is 13.7. The molecule has 21 heavy (non-hydrogen) atoms. The van der Waals surface area contributed by atoms with Gasteiger partial charge in [0.1, 0.15) is 0 Å². The first kappa shape index (κ1) is 16.1. The van der Waals surface area contributed by atoms with Crippen LogP contribution in [0.1, 0.15) is 25.1 Å². The molecular weight excluding hydrogens is 306 g/mol. The highest BCUT2D eigenvalue weighted by atomic mass is 32.2. The molecule has 0 aliphatic heterocycles. The van der Waals surface area contributed by atoms with Gasteiger partial charge in [0.2, 0.25) is 10.0 Å². The Balaban J connectivity index is 2.06. The molecule has 0 amide bonds. The molecule has 0 saturated carbocycles. The van der Waals surface area contributed by atoms with Gasteiger partial charge in [-0.25, -0.2) is 18.1 Å². The molecule has 1 aromatic heterocycles. The van der Waals surface area contributed by atoms with Crippen LogP contribution in [0.15, 0.2) is 40.1 Å². The average Bonchev–Trinajstić information content (AvgIpc) is 2.97. The molecule has 0 aliphatic carbocycles. The van der Waals surface area contributed by atoms with Crippen LogP contribution < -0.4 is 10.0 Å². The number of hydrogen-bond donors (Lipinski definition) is 2. The van der Waals surface area contributed by atoms with Crippen molar-refractivity contribution in [1.82, 2.24) is 15.0 Å². The molecule has 0 fully saturated rings. The van der Waals surface area contributed by atoms with Crippen LogP contribution in [0, 0.1) is 0 Å². The highest BCUT2D eigenvalue weighted by molar-refractivity contribution is 7.89. The Hall–Kier alpha value is -1.28. The van der Waals surface area contributed by atoms with E-state index < -0.39 is 10.0 Å². The highest BCUT2D eigenvalue weighted by Gasteiger charge is 2.14. The van der Waals surface area contributed by atoms with Crippen LogP contribution in [0.4, 0.5) is 0 Å². The lowest BCUT2D eigenvalue weighted by Gasteiger charge is -2.10. The maximum absolute atomic E-state index is 12.3. The SMILES string of the molecule is CC(C)NCc1cccc(S(=O)(=O)NCc2cscn2)c1. The monoisotopic (exact) mass is 325 g/mol. The lowest BCUT2D eigenvalue weighted by Crippen LogP contribution is -2.24. The van der Waals surface area contributed by atoms with E-state index in [4.69, 9.17) is 0 Å². The van der Waals surface area contributed by atoms with Crippen LogP contribution in [0.25, 0.3) is 0 Å². The summed E-state index contributed by atoms with van der Waals surface area (Å²) in [5.74, 6) is 0. The fourth-order valence-electron chi connectivity index (χ4n) is 1.72. The Kier molecular flexibility index (Phi) is 5.46. The lowest BCUT2D eigenvalue weighted by atomic mass is 10.2. The number of rotatable bonds is 7. The van der Waals surface area contributed by atoms with Gasteiger partial charge in [-0.3, -0.25) is 0 Å². The van der Waals surface area contributed by atoms with E-state index in [9.17, 15) is 8.42 Å². The van der Waals surface area contributed by atoms with Crippen LogP contribution >= 0.6 is 11.3 Å². The second-order valence-corrected chi connectivity index (χ2v) is 7.47. The van der Waals surface area contributed by atoms with E-state index in [0.717, 1.165) is 11.3 Å². The van der Waals surface area contributed by atoms with Gasteiger partial charge < -0.3 is 5.32 Å². The number of aromatic nitrogens is 1. The first-order chi connectivity index (χ1) is 9.97. The fraction of sp³-hybridized carbons (Fsp3) is 0.357. The van der Waals surface area contributed by atoms with Gasteiger partial charge in [-0.1, -0.05) is 26.0 Å². The zero-order chi connectivity index (χ0) is 15.3. The van der Waals surface area contributed by atoms with E-state index in [0.29, 0.717) is 12.6 Å². The van der Waals surface area contributed by atoms with Gasteiger partial charge in [0.15, 0.2) is 0 Å². The van der Waals surface area contributed by atoms with Crippen molar-refractivity contribution in [3.8, 4) is 0 Å². The molecule has 2 N–H and O–H groups in total. The summed E-state index contributed by atoms with van der Waals surface area (Å²) in [6, 6.07) is 7.32. The van der Waals surface area contributed by atoms with Gasteiger partial charge >= 0.3 is 0 Å². The van der Waals surface area contributed by atoms with E-state index in [1.807, 2.05) is 11.4 Å². The minimum absolute atomic E-state index is 0.209. The van der Waals surface area contributed by atoms with Crippen molar-refractivity contribution < 1.29 is 8.42 Å². The van der Waals surface area contributed by atoms with Gasteiger partial charge in [-0.2, -0.15) is 0 Å². The summed E-state index contributed by atoms with van der Waals surface area (Å²) in [7, 11) is -3.51. The maximum Gasteiger partial charge on any atom is 0.240 e. The van der Waals surface area contributed by atoms with Crippen molar-refractivity contribution >= 4 is 21.4 Å². The Bertz CT molecular complexity index is 667. The van der Waals surface area contributed by atoms with E-state index in [1.54, 1.807) is 23.7 Å². The van der Waals surface area contributed by atoms with Crippen LogP contribution in [-0.4, -0.2) is 19.4 Å². The van der Waals surface area contributed by atoms with Gasteiger partial charge in [-0.15, -0.1) is 11.3 Å². The predicted molar refractivity (Wildman–Crippen MR) is 84.6 cm³/mol. The Morgan fingerprint density at radius 1 is 1.29 bits per heavy atom. The summed E-state index contributed by atoms with van der Waals surface area (Å²) in [6.45, 7) is 4.96. The summed E-state index contributed by atoms with van der Waals surface area (Å²) in [6.07, 6.45) is 0. The van der Waals surface area contributed by atoms with Crippen molar-refractivity contribution in [2.75, 3.05) is 0 Å². The van der Waals surface area contributed by atoms with Crippen molar-refractivity contribution in [2.24, 2.45) is 0 Å². The highest BCUT2D eigenvalue weighted by Crippen LogP contribution is 2.12. The first-order valence-corrected chi connectivity index (χ1v) is 9.09. The quantitative estimate of drug-likeness (QED) is 0.818. The standard InChI is InChI=1S/C14H19N3O2S2/c1-11(2)15-7-12-4-3-5-14(6-12)21(18,19)17-8-13-9-20-10-16-13/h3-6,9-11,15,17H,7-8H2,1-2H3. The van der Waals surface area contributed by atoms with Crippen LogP contribution in [0.2, 0.25) is 0 Å². The van der Waals surface area contributed by atoms with Gasteiger partial charge in [-0.05, 0) is 17.7 Å². The third kappa shape index (κ3) is 4.89. The molecule has 0 spiro atoms. The minimum Gasteiger partial charge on any atom is -0.310 e. The normalized spacial score (nSPS) is 12.0. The Morgan fingerprint density at radius 3 is 2.76 bits per heavy atom. The number of nitrogens with one attached hydrogen (secondary N) is 2. The molecule has 0 saturated heterocycles. The fourth-order valence-corrected chi connectivity index (χ4v) is 3.35. The molecule has 0 radical (unpaired) electrons. The number of benzene rings is 1. The number of thiazole rings is 1. The van der Waals surface area contributed by atoms with Crippen LogP contribution in [0.3, 0.4) is 0 Å². The summed E-state index contributed by atoms with van der Waals surface area (Å²) in [5, 5.41) is 5.10. The summed E-state index contributed by atoms with van der Waals surface area (Å²) in [4.78, 5) is 4.34. The van der Waals surface area contributed by atoms with Crippen molar-refractivity contribution in [3.63, 3.8) is 0 Å². The molecule has 2 aromatic rings. The second kappa shape index (κ2) is 7.13. The molecule has 7 heteroatoms. The number of hydrogen-bond acceptors (Lipinski definition) is 5.